The van der Waals surface area contributed by atoms with Gasteiger partial charge in [0, 0.05) is 27.5 Å². The molecule has 0 radical (unpaired) electrons. The molecule has 214 valence electrons. The van der Waals surface area contributed by atoms with Crippen LogP contribution in [0.2, 0.25) is 19.6 Å². The number of benzene rings is 6. The van der Waals surface area contributed by atoms with Crippen LogP contribution in [0.25, 0.3) is 83.6 Å². The third-order valence-corrected chi connectivity index (χ3v) is 11.2. The van der Waals surface area contributed by atoms with Crippen molar-refractivity contribution in [1.29, 1.82) is 0 Å². The molecule has 0 N–H and O–H groups in total. The van der Waals surface area contributed by atoms with Crippen LogP contribution in [0.5, 0.6) is 0 Å². The second-order valence-corrected chi connectivity index (χ2v) is 18.0. The molecule has 5 heteroatoms. The maximum absolute atomic E-state index is 5.19. The number of aromatic nitrogens is 4. The van der Waals surface area contributed by atoms with Crippen LogP contribution in [0.3, 0.4) is 0 Å². The van der Waals surface area contributed by atoms with Gasteiger partial charge < -0.3 is 0 Å². The Hall–Kier alpha value is -5.39. The van der Waals surface area contributed by atoms with E-state index >= 15 is 0 Å². The van der Waals surface area contributed by atoms with Gasteiger partial charge in [-0.3, -0.25) is 4.57 Å². The van der Waals surface area contributed by atoms with E-state index in [2.05, 4.69) is 133 Å². The first-order valence-electron chi connectivity index (χ1n) is 15.5. The second kappa shape index (κ2) is 9.55. The van der Waals surface area contributed by atoms with Crippen LogP contribution in [-0.4, -0.2) is 27.6 Å². The molecule has 0 saturated carbocycles. The van der Waals surface area contributed by atoms with Crippen LogP contribution < -0.4 is 5.19 Å². The minimum atomic E-state index is -1.44. The van der Waals surface area contributed by atoms with Crippen molar-refractivity contribution in [3.8, 4) is 51.0 Å². The van der Waals surface area contributed by atoms with Gasteiger partial charge in [0.15, 0.2) is 11.6 Å². The number of rotatable bonds is 4. The molecule has 1 aliphatic carbocycles. The average Bonchev–Trinajstić information content (AvgIpc) is 3.59. The zero-order valence-corrected chi connectivity index (χ0v) is 26.4. The van der Waals surface area contributed by atoms with Crippen molar-refractivity contribution >= 4 is 45.8 Å². The number of fused-ring (bicyclic) bond motifs is 7. The first-order valence-corrected chi connectivity index (χ1v) is 19.0. The van der Waals surface area contributed by atoms with Gasteiger partial charge in [0.2, 0.25) is 5.95 Å². The highest BCUT2D eigenvalue weighted by Gasteiger charge is 2.27. The zero-order chi connectivity index (χ0) is 30.3. The maximum Gasteiger partial charge on any atom is 0.238 e. The fourth-order valence-electron chi connectivity index (χ4n) is 6.98. The Morgan fingerprint density at radius 3 is 1.89 bits per heavy atom. The van der Waals surface area contributed by atoms with E-state index in [9.17, 15) is 0 Å². The number of para-hydroxylation sites is 1. The fraction of sp³-hybridized carbons (Fsp3) is 0.0750. The lowest BCUT2D eigenvalue weighted by atomic mass is 9.98. The lowest BCUT2D eigenvalue weighted by Gasteiger charge is -2.17. The average molecular weight is 595 g/mol. The third kappa shape index (κ3) is 3.94. The molecule has 2 aromatic heterocycles. The maximum atomic E-state index is 5.19. The van der Waals surface area contributed by atoms with Crippen LogP contribution in [0.4, 0.5) is 0 Å². The lowest BCUT2D eigenvalue weighted by molar-refractivity contribution is 0.953. The SMILES string of the molecule is C[Si](C)(C)c1ccc(-c2nc(-c3ccccc3)nc(-n3c4ccccc4c4c5c(ccc43)-c3cccc4cccc-5c34)n2)cc1. The van der Waals surface area contributed by atoms with Crippen molar-refractivity contribution in [2.24, 2.45) is 0 Å². The van der Waals surface area contributed by atoms with Gasteiger partial charge in [-0.2, -0.15) is 9.97 Å². The molecule has 0 saturated heterocycles. The largest absolute Gasteiger partial charge is 0.278 e. The van der Waals surface area contributed by atoms with Crippen molar-refractivity contribution in [3.05, 3.63) is 127 Å². The summed E-state index contributed by atoms with van der Waals surface area (Å²) in [6, 6.07) is 45.5. The van der Waals surface area contributed by atoms with E-state index in [0.717, 1.165) is 22.2 Å². The molecule has 45 heavy (non-hydrogen) atoms. The molecule has 0 fully saturated rings. The van der Waals surface area contributed by atoms with Crippen molar-refractivity contribution in [1.82, 2.24) is 19.5 Å². The van der Waals surface area contributed by atoms with Crippen molar-refractivity contribution in [3.63, 3.8) is 0 Å². The summed E-state index contributed by atoms with van der Waals surface area (Å²) in [5.41, 5.74) is 9.27. The van der Waals surface area contributed by atoms with E-state index in [1.54, 1.807) is 0 Å². The Morgan fingerprint density at radius 1 is 0.489 bits per heavy atom. The lowest BCUT2D eigenvalue weighted by Crippen LogP contribution is -2.37. The van der Waals surface area contributed by atoms with Gasteiger partial charge in [-0.15, -0.1) is 0 Å². The summed E-state index contributed by atoms with van der Waals surface area (Å²) in [6.45, 7) is 7.11. The Kier molecular flexibility index (Phi) is 5.53. The summed E-state index contributed by atoms with van der Waals surface area (Å²) in [6.07, 6.45) is 0. The van der Waals surface area contributed by atoms with E-state index in [4.69, 9.17) is 15.0 Å². The molecule has 6 aromatic carbocycles. The zero-order valence-electron chi connectivity index (χ0n) is 25.4. The Balaban J connectivity index is 1.34. The molecule has 1 aliphatic rings. The summed E-state index contributed by atoms with van der Waals surface area (Å²) in [5.74, 6) is 1.95. The standard InChI is InChI=1S/C40H30N4Si/c1-45(2,3)28-21-19-27(20-22-28)39-41-38(26-11-5-4-6-12-26)42-40(43-39)44-33-18-8-7-15-31(33)37-34(44)24-23-30-29-16-9-13-25-14-10-17-32(35(25)29)36(30)37/h4-24H,1-3H3. The van der Waals surface area contributed by atoms with E-state index in [1.807, 2.05) is 18.2 Å². The highest BCUT2D eigenvalue weighted by atomic mass is 28.3. The number of hydrogen-bond acceptors (Lipinski definition) is 3. The van der Waals surface area contributed by atoms with Crippen molar-refractivity contribution in [2.45, 2.75) is 19.6 Å². The van der Waals surface area contributed by atoms with Gasteiger partial charge in [-0.25, -0.2) is 4.98 Å². The number of nitrogens with zero attached hydrogens (tertiary/aromatic N) is 4. The van der Waals surface area contributed by atoms with Gasteiger partial charge in [0.25, 0.3) is 0 Å². The molecular weight excluding hydrogens is 565 g/mol. The smallest absolute Gasteiger partial charge is 0.238 e. The quantitative estimate of drug-likeness (QED) is 0.191. The Bertz CT molecular complexity index is 2450. The van der Waals surface area contributed by atoms with Crippen LogP contribution in [0, 0.1) is 0 Å². The first-order chi connectivity index (χ1) is 22.0. The van der Waals surface area contributed by atoms with Crippen LogP contribution in [0.15, 0.2) is 127 Å². The van der Waals surface area contributed by atoms with Crippen LogP contribution in [0.1, 0.15) is 0 Å². The Labute approximate surface area is 262 Å². The van der Waals surface area contributed by atoms with E-state index in [-0.39, 0.29) is 0 Å². The minimum Gasteiger partial charge on any atom is -0.278 e. The first kappa shape index (κ1) is 26.0. The predicted octanol–water partition coefficient (Wildman–Crippen LogP) is 9.65. The van der Waals surface area contributed by atoms with E-state index in [1.165, 1.54) is 49.0 Å². The summed E-state index contributed by atoms with van der Waals surface area (Å²) >= 11 is 0. The second-order valence-electron chi connectivity index (χ2n) is 12.9. The van der Waals surface area contributed by atoms with E-state index < -0.39 is 8.07 Å². The molecule has 4 nitrogen and oxygen atoms in total. The monoisotopic (exact) mass is 594 g/mol. The summed E-state index contributed by atoms with van der Waals surface area (Å²) in [5, 5.41) is 6.44. The van der Waals surface area contributed by atoms with Gasteiger partial charge >= 0.3 is 0 Å². The molecule has 0 atom stereocenters. The predicted molar refractivity (Wildman–Crippen MR) is 190 cm³/mol. The normalized spacial score (nSPS) is 12.3. The van der Waals surface area contributed by atoms with E-state index in [0.29, 0.717) is 17.6 Å². The minimum absolute atomic E-state index is 0.619. The molecule has 0 amide bonds. The molecule has 0 unspecified atom stereocenters. The van der Waals surface area contributed by atoms with Crippen molar-refractivity contribution in [2.75, 3.05) is 0 Å². The molecule has 9 rings (SSSR count). The molecule has 0 spiro atoms. The summed E-state index contributed by atoms with van der Waals surface area (Å²) in [4.78, 5) is 15.4. The molecule has 0 aliphatic heterocycles. The van der Waals surface area contributed by atoms with Gasteiger partial charge in [0.05, 0.1) is 19.1 Å². The van der Waals surface area contributed by atoms with Crippen molar-refractivity contribution < 1.29 is 0 Å². The third-order valence-electron chi connectivity index (χ3n) is 9.17. The Morgan fingerprint density at radius 2 is 1.16 bits per heavy atom. The van der Waals surface area contributed by atoms with Gasteiger partial charge in [0.1, 0.15) is 0 Å². The highest BCUT2D eigenvalue weighted by Crippen LogP contribution is 2.52. The van der Waals surface area contributed by atoms with Gasteiger partial charge in [-0.05, 0) is 39.6 Å². The fourth-order valence-corrected chi connectivity index (χ4v) is 8.15. The van der Waals surface area contributed by atoms with Gasteiger partial charge in [-0.1, -0.05) is 140 Å². The van der Waals surface area contributed by atoms with Crippen LogP contribution >= 0.6 is 0 Å². The summed E-state index contributed by atoms with van der Waals surface area (Å²) < 4.78 is 2.22. The highest BCUT2D eigenvalue weighted by molar-refractivity contribution is 6.88. The number of hydrogen-bond donors (Lipinski definition) is 0. The molecular formula is C40H30N4Si. The van der Waals surface area contributed by atoms with Crippen LogP contribution in [-0.2, 0) is 0 Å². The summed E-state index contributed by atoms with van der Waals surface area (Å²) in [7, 11) is -1.44. The molecule has 8 aromatic rings. The molecule has 0 bridgehead atoms. The molecule has 2 heterocycles. The topological polar surface area (TPSA) is 43.6 Å².